The van der Waals surface area contributed by atoms with Crippen molar-refractivity contribution in [2.45, 2.75) is 45.1 Å². The minimum Gasteiger partial charge on any atom is -0.367 e. The highest BCUT2D eigenvalue weighted by atomic mass is 16.5. The Hall–Kier alpha value is -2.44. The number of hydrogen-bond acceptors (Lipinski definition) is 6. The van der Waals surface area contributed by atoms with Gasteiger partial charge >= 0.3 is 0 Å². The van der Waals surface area contributed by atoms with Crippen molar-refractivity contribution in [1.29, 1.82) is 0 Å². The maximum absolute atomic E-state index is 12.7. The van der Waals surface area contributed by atoms with Gasteiger partial charge in [-0.25, -0.2) is 9.97 Å². The number of carbonyl (C=O) groups is 1. The van der Waals surface area contributed by atoms with E-state index >= 15 is 0 Å². The first-order valence-electron chi connectivity index (χ1n) is 8.52. The van der Waals surface area contributed by atoms with E-state index in [1.165, 1.54) is 25.5 Å². The van der Waals surface area contributed by atoms with Crippen LogP contribution in [-0.4, -0.2) is 45.1 Å². The molecule has 2 aromatic rings. The second kappa shape index (κ2) is 6.22. The molecule has 7 heteroatoms. The van der Waals surface area contributed by atoms with Crippen LogP contribution in [0.3, 0.4) is 0 Å². The Bertz CT molecular complexity index is 753. The highest BCUT2D eigenvalue weighted by Gasteiger charge is 2.26. The summed E-state index contributed by atoms with van der Waals surface area (Å²) in [5.41, 5.74) is 2.74. The van der Waals surface area contributed by atoms with Crippen LogP contribution in [-0.2, 0) is 12.8 Å². The van der Waals surface area contributed by atoms with Crippen LogP contribution in [0.1, 0.15) is 46.6 Å². The van der Waals surface area contributed by atoms with Gasteiger partial charge in [-0.2, -0.15) is 0 Å². The number of fused-ring (bicyclic) bond motifs is 1. The monoisotopic (exact) mass is 327 g/mol. The van der Waals surface area contributed by atoms with Crippen LogP contribution >= 0.6 is 0 Å². The highest BCUT2D eigenvalue weighted by Crippen LogP contribution is 2.27. The molecule has 24 heavy (non-hydrogen) atoms. The van der Waals surface area contributed by atoms with Gasteiger partial charge < -0.3 is 14.7 Å². The van der Waals surface area contributed by atoms with E-state index in [1.807, 2.05) is 4.90 Å². The van der Waals surface area contributed by atoms with Crippen LogP contribution in [0, 0.1) is 6.92 Å². The van der Waals surface area contributed by atoms with Crippen molar-refractivity contribution in [3.05, 3.63) is 35.1 Å². The Labute approximate surface area is 140 Å². The summed E-state index contributed by atoms with van der Waals surface area (Å²) in [4.78, 5) is 23.4. The summed E-state index contributed by atoms with van der Waals surface area (Å²) in [5.74, 6) is 1.48. The number of nitrogens with zero attached hydrogens (tertiary/aromatic N) is 4. The van der Waals surface area contributed by atoms with Gasteiger partial charge in [0.25, 0.3) is 5.91 Å². The van der Waals surface area contributed by atoms with Gasteiger partial charge in [-0.1, -0.05) is 5.16 Å². The van der Waals surface area contributed by atoms with Gasteiger partial charge in [0.15, 0.2) is 0 Å². The number of aromatic nitrogens is 3. The summed E-state index contributed by atoms with van der Waals surface area (Å²) >= 11 is 0. The third kappa shape index (κ3) is 2.74. The summed E-state index contributed by atoms with van der Waals surface area (Å²) in [6, 6.07) is 0.532. The van der Waals surface area contributed by atoms with Crippen molar-refractivity contribution in [2.24, 2.45) is 0 Å². The smallest absolute Gasteiger partial charge is 0.259 e. The summed E-state index contributed by atoms with van der Waals surface area (Å²) in [6.45, 7) is 3.07. The molecule has 1 aliphatic heterocycles. The second-order valence-electron chi connectivity index (χ2n) is 6.51. The number of aryl methyl sites for hydroxylation is 1. The molecule has 0 spiro atoms. The van der Waals surface area contributed by atoms with Gasteiger partial charge in [-0.05, 0) is 32.6 Å². The van der Waals surface area contributed by atoms with Crippen LogP contribution in [0.25, 0.3) is 0 Å². The van der Waals surface area contributed by atoms with Crippen molar-refractivity contribution < 1.29 is 9.32 Å². The standard InChI is InChI=1S/C17H21N5O2/c1-11-14(9-20-24-11)17(23)22-7-5-13-15(6-8-22)18-10-19-16(13)21-12-3-2-4-12/h9-10,12H,2-8H2,1H3,(H,18,19,21). The lowest BCUT2D eigenvalue weighted by Gasteiger charge is -2.28. The van der Waals surface area contributed by atoms with E-state index in [-0.39, 0.29) is 5.91 Å². The summed E-state index contributed by atoms with van der Waals surface area (Å²) in [7, 11) is 0. The number of carbonyl (C=O) groups excluding carboxylic acids is 1. The SMILES string of the molecule is Cc1oncc1C(=O)N1CCc2ncnc(NC3CCC3)c2CC1. The minimum atomic E-state index is -0.0250. The van der Waals surface area contributed by atoms with Gasteiger partial charge in [0.2, 0.25) is 0 Å². The molecule has 0 unspecified atom stereocenters. The third-order valence-corrected chi connectivity index (χ3v) is 5.00. The molecule has 1 aliphatic carbocycles. The maximum Gasteiger partial charge on any atom is 0.259 e. The quantitative estimate of drug-likeness (QED) is 0.928. The van der Waals surface area contributed by atoms with Crippen LogP contribution in [0.4, 0.5) is 5.82 Å². The zero-order valence-corrected chi connectivity index (χ0v) is 13.8. The molecule has 0 saturated heterocycles. The Morgan fingerprint density at radius 3 is 2.83 bits per heavy atom. The van der Waals surface area contributed by atoms with Gasteiger partial charge in [-0.15, -0.1) is 0 Å². The fourth-order valence-corrected chi connectivity index (χ4v) is 3.27. The summed E-state index contributed by atoms with van der Waals surface area (Å²) in [5, 5.41) is 7.24. The van der Waals surface area contributed by atoms with E-state index in [9.17, 15) is 4.79 Å². The molecule has 1 N–H and O–H groups in total. The molecule has 2 aliphatic rings. The van der Waals surface area contributed by atoms with Crippen LogP contribution < -0.4 is 5.32 Å². The largest absolute Gasteiger partial charge is 0.367 e. The lowest BCUT2D eigenvalue weighted by atomic mass is 9.93. The lowest BCUT2D eigenvalue weighted by Crippen LogP contribution is -2.33. The summed E-state index contributed by atoms with van der Waals surface area (Å²) < 4.78 is 5.02. The average Bonchev–Trinajstić information content (AvgIpc) is 2.85. The van der Waals surface area contributed by atoms with Gasteiger partial charge in [0.1, 0.15) is 23.5 Å². The maximum atomic E-state index is 12.7. The predicted octanol–water partition coefficient (Wildman–Crippen LogP) is 1.98. The highest BCUT2D eigenvalue weighted by molar-refractivity contribution is 5.94. The molecule has 7 nitrogen and oxygen atoms in total. The number of rotatable bonds is 3. The van der Waals surface area contributed by atoms with Crippen LogP contribution in [0.2, 0.25) is 0 Å². The molecule has 1 amide bonds. The van der Waals surface area contributed by atoms with Gasteiger partial charge in [0.05, 0.1) is 11.9 Å². The summed E-state index contributed by atoms with van der Waals surface area (Å²) in [6.07, 6.45) is 8.33. The molecule has 1 fully saturated rings. The van der Waals surface area contributed by atoms with E-state index in [0.29, 0.717) is 30.5 Å². The van der Waals surface area contributed by atoms with Crippen molar-refractivity contribution in [3.63, 3.8) is 0 Å². The van der Waals surface area contributed by atoms with Crippen LogP contribution in [0.5, 0.6) is 0 Å². The molecule has 3 heterocycles. The van der Waals surface area contributed by atoms with Crippen LogP contribution in [0.15, 0.2) is 17.0 Å². The van der Waals surface area contributed by atoms with Crippen molar-refractivity contribution in [1.82, 2.24) is 20.0 Å². The van der Waals surface area contributed by atoms with E-state index in [1.54, 1.807) is 13.3 Å². The Morgan fingerprint density at radius 1 is 1.29 bits per heavy atom. The molecule has 0 aromatic carbocycles. The topological polar surface area (TPSA) is 84.2 Å². The molecular formula is C17H21N5O2. The van der Waals surface area contributed by atoms with Crippen molar-refractivity contribution in [2.75, 3.05) is 18.4 Å². The Kier molecular flexibility index (Phi) is 3.92. The van der Waals surface area contributed by atoms with E-state index in [0.717, 1.165) is 29.9 Å². The molecule has 0 bridgehead atoms. The third-order valence-electron chi connectivity index (χ3n) is 5.00. The predicted molar refractivity (Wildman–Crippen MR) is 87.8 cm³/mol. The van der Waals surface area contributed by atoms with E-state index < -0.39 is 0 Å². The number of hydrogen-bond donors (Lipinski definition) is 1. The zero-order chi connectivity index (χ0) is 16.5. The van der Waals surface area contributed by atoms with Crippen molar-refractivity contribution in [3.8, 4) is 0 Å². The molecule has 0 radical (unpaired) electrons. The first kappa shape index (κ1) is 15.1. The number of amides is 1. The average molecular weight is 327 g/mol. The first-order chi connectivity index (χ1) is 11.7. The number of anilines is 1. The van der Waals surface area contributed by atoms with Gasteiger partial charge in [0, 0.05) is 31.1 Å². The first-order valence-corrected chi connectivity index (χ1v) is 8.52. The fourth-order valence-electron chi connectivity index (χ4n) is 3.27. The molecule has 0 atom stereocenters. The Morgan fingerprint density at radius 2 is 2.12 bits per heavy atom. The second-order valence-corrected chi connectivity index (χ2v) is 6.51. The molecule has 2 aromatic heterocycles. The number of nitrogens with one attached hydrogen (secondary N) is 1. The Balaban J connectivity index is 1.52. The lowest BCUT2D eigenvalue weighted by molar-refractivity contribution is 0.0761. The fraction of sp³-hybridized carbons (Fsp3) is 0.529. The normalized spacial score (nSPS) is 17.8. The molecule has 4 rings (SSSR count). The molecule has 126 valence electrons. The molecular weight excluding hydrogens is 306 g/mol. The van der Waals surface area contributed by atoms with E-state index in [4.69, 9.17) is 4.52 Å². The van der Waals surface area contributed by atoms with Gasteiger partial charge in [-0.3, -0.25) is 4.79 Å². The molecule has 1 saturated carbocycles. The van der Waals surface area contributed by atoms with Crippen molar-refractivity contribution >= 4 is 11.7 Å². The zero-order valence-electron chi connectivity index (χ0n) is 13.8. The van der Waals surface area contributed by atoms with E-state index in [2.05, 4.69) is 20.4 Å². The minimum absolute atomic E-state index is 0.0250.